The molecule has 17 heavy (non-hydrogen) atoms. The van der Waals surface area contributed by atoms with E-state index in [2.05, 4.69) is 5.10 Å². The lowest BCUT2D eigenvalue weighted by Crippen LogP contribution is -2.09. The van der Waals surface area contributed by atoms with E-state index in [4.69, 9.17) is 16.3 Å². The first kappa shape index (κ1) is 11.6. The average Bonchev–Trinajstić information content (AvgIpc) is 2.63. The molecule has 0 saturated heterocycles. The van der Waals surface area contributed by atoms with Crippen molar-refractivity contribution in [2.75, 3.05) is 0 Å². The number of aromatic nitrogens is 2. The Morgan fingerprint density at radius 2 is 2.06 bits per heavy atom. The summed E-state index contributed by atoms with van der Waals surface area (Å²) >= 11 is 5.74. The van der Waals surface area contributed by atoms with Crippen LogP contribution in [0.5, 0.6) is 5.75 Å². The van der Waals surface area contributed by atoms with Crippen molar-refractivity contribution >= 4 is 17.6 Å². The number of hydrogen-bond acceptors (Lipinski definition) is 3. The van der Waals surface area contributed by atoms with Gasteiger partial charge in [-0.2, -0.15) is 5.10 Å². The summed E-state index contributed by atoms with van der Waals surface area (Å²) in [6.07, 6.45) is 0. The van der Waals surface area contributed by atoms with Crippen LogP contribution < -0.4 is 4.74 Å². The van der Waals surface area contributed by atoms with Crippen molar-refractivity contribution in [1.29, 1.82) is 0 Å². The molecule has 0 N–H and O–H groups in total. The number of halogens is 2. The fourth-order valence-corrected chi connectivity index (χ4v) is 1.35. The van der Waals surface area contributed by atoms with E-state index in [0.29, 0.717) is 5.15 Å². The summed E-state index contributed by atoms with van der Waals surface area (Å²) in [7, 11) is 1.61. The molecule has 0 radical (unpaired) electrons. The summed E-state index contributed by atoms with van der Waals surface area (Å²) in [5.41, 5.74) is 0.0989. The van der Waals surface area contributed by atoms with E-state index < -0.39 is 11.8 Å². The van der Waals surface area contributed by atoms with Gasteiger partial charge in [-0.1, -0.05) is 11.6 Å². The maximum Gasteiger partial charge on any atom is 0.364 e. The molecule has 0 saturated carbocycles. The van der Waals surface area contributed by atoms with Gasteiger partial charge in [0.25, 0.3) is 0 Å². The van der Waals surface area contributed by atoms with Gasteiger partial charge in [-0.3, -0.25) is 4.68 Å². The van der Waals surface area contributed by atoms with Crippen LogP contribution in [-0.4, -0.2) is 15.7 Å². The highest BCUT2D eigenvalue weighted by molar-refractivity contribution is 6.29. The van der Waals surface area contributed by atoms with Crippen molar-refractivity contribution in [3.63, 3.8) is 0 Å². The molecule has 0 atom stereocenters. The van der Waals surface area contributed by atoms with E-state index in [1.807, 2.05) is 0 Å². The van der Waals surface area contributed by atoms with Crippen LogP contribution in [0.4, 0.5) is 4.39 Å². The van der Waals surface area contributed by atoms with Crippen LogP contribution in [0.2, 0.25) is 5.15 Å². The molecule has 1 aromatic heterocycles. The lowest BCUT2D eigenvalue weighted by atomic mass is 10.3. The van der Waals surface area contributed by atoms with Gasteiger partial charge in [-0.25, -0.2) is 9.18 Å². The maximum atomic E-state index is 12.6. The van der Waals surface area contributed by atoms with Crippen LogP contribution in [-0.2, 0) is 7.05 Å². The van der Waals surface area contributed by atoms with E-state index >= 15 is 0 Å². The number of esters is 1. The first-order valence-corrected chi connectivity index (χ1v) is 5.11. The first-order valence-electron chi connectivity index (χ1n) is 4.73. The monoisotopic (exact) mass is 254 g/mol. The van der Waals surface area contributed by atoms with Crippen molar-refractivity contribution in [2.45, 2.75) is 0 Å². The largest absolute Gasteiger partial charge is 0.422 e. The summed E-state index contributed by atoms with van der Waals surface area (Å²) in [5, 5.41) is 4.19. The zero-order valence-electron chi connectivity index (χ0n) is 8.85. The zero-order valence-corrected chi connectivity index (χ0v) is 9.61. The van der Waals surface area contributed by atoms with Crippen molar-refractivity contribution in [3.05, 3.63) is 47.0 Å². The number of aryl methyl sites for hydroxylation is 1. The molecule has 0 aliphatic carbocycles. The Kier molecular flexibility index (Phi) is 3.10. The van der Waals surface area contributed by atoms with Gasteiger partial charge in [0.05, 0.1) is 0 Å². The normalized spacial score (nSPS) is 10.3. The van der Waals surface area contributed by atoms with Gasteiger partial charge in [0.2, 0.25) is 0 Å². The van der Waals surface area contributed by atoms with E-state index in [1.54, 1.807) is 7.05 Å². The average molecular weight is 255 g/mol. The van der Waals surface area contributed by atoms with Crippen LogP contribution in [0.1, 0.15) is 10.5 Å². The van der Waals surface area contributed by atoms with Crippen molar-refractivity contribution in [2.24, 2.45) is 7.05 Å². The highest BCUT2D eigenvalue weighted by Crippen LogP contribution is 2.15. The Hall–Kier alpha value is -1.88. The summed E-state index contributed by atoms with van der Waals surface area (Å²) < 4.78 is 19.0. The molecule has 2 rings (SSSR count). The molecule has 1 aromatic carbocycles. The van der Waals surface area contributed by atoms with Gasteiger partial charge in [-0.05, 0) is 24.3 Å². The minimum absolute atomic E-state index is 0.0989. The molecule has 6 heteroatoms. The number of carbonyl (C=O) groups excluding carboxylic acids is 1. The van der Waals surface area contributed by atoms with Gasteiger partial charge in [0, 0.05) is 13.1 Å². The minimum atomic E-state index is -0.640. The second-order valence-corrected chi connectivity index (χ2v) is 3.71. The van der Waals surface area contributed by atoms with Crippen LogP contribution in [0.25, 0.3) is 0 Å². The summed E-state index contributed by atoms with van der Waals surface area (Å²) in [6, 6.07) is 6.52. The van der Waals surface area contributed by atoms with E-state index in [0.717, 1.165) is 0 Å². The first-order chi connectivity index (χ1) is 8.06. The number of rotatable bonds is 2. The molecule has 4 nitrogen and oxygen atoms in total. The van der Waals surface area contributed by atoms with Gasteiger partial charge in [0.15, 0.2) is 5.69 Å². The number of ether oxygens (including phenoxy) is 1. The second-order valence-electron chi connectivity index (χ2n) is 3.32. The van der Waals surface area contributed by atoms with E-state index in [9.17, 15) is 9.18 Å². The minimum Gasteiger partial charge on any atom is -0.422 e. The Labute approximate surface area is 102 Å². The molecule has 0 bridgehead atoms. The lowest BCUT2D eigenvalue weighted by molar-refractivity contribution is 0.0727. The molecule has 0 aliphatic rings. The molecule has 0 amide bonds. The SMILES string of the molecule is Cn1nc(C(=O)Oc2ccc(F)cc2)cc1Cl. The van der Waals surface area contributed by atoms with Crippen LogP contribution in [0.15, 0.2) is 30.3 Å². The summed E-state index contributed by atoms with van der Waals surface area (Å²) in [6.45, 7) is 0. The van der Waals surface area contributed by atoms with Crippen molar-refractivity contribution < 1.29 is 13.9 Å². The third-order valence-electron chi connectivity index (χ3n) is 2.06. The fourth-order valence-electron chi connectivity index (χ4n) is 1.21. The molecule has 0 aliphatic heterocycles. The molecule has 1 heterocycles. The summed E-state index contributed by atoms with van der Waals surface area (Å²) in [5.74, 6) is -0.789. The highest BCUT2D eigenvalue weighted by atomic mass is 35.5. The van der Waals surface area contributed by atoms with Crippen LogP contribution in [0.3, 0.4) is 0 Å². The van der Waals surface area contributed by atoms with Crippen LogP contribution >= 0.6 is 11.6 Å². The summed E-state index contributed by atoms with van der Waals surface area (Å²) in [4.78, 5) is 11.6. The molecular weight excluding hydrogens is 247 g/mol. The smallest absolute Gasteiger partial charge is 0.364 e. The van der Waals surface area contributed by atoms with Crippen molar-refractivity contribution in [3.8, 4) is 5.75 Å². The second kappa shape index (κ2) is 4.55. The van der Waals surface area contributed by atoms with E-state index in [1.165, 1.54) is 35.0 Å². The number of benzene rings is 1. The zero-order chi connectivity index (χ0) is 12.4. The molecule has 0 unspecified atom stereocenters. The number of nitrogens with zero attached hydrogens (tertiary/aromatic N) is 2. The van der Waals surface area contributed by atoms with Gasteiger partial charge >= 0.3 is 5.97 Å². The third kappa shape index (κ3) is 2.62. The fraction of sp³-hybridized carbons (Fsp3) is 0.0909. The molecule has 0 fully saturated rings. The Morgan fingerprint density at radius 1 is 1.41 bits per heavy atom. The predicted molar refractivity (Wildman–Crippen MR) is 59.6 cm³/mol. The molecule has 0 spiro atoms. The standard InChI is InChI=1S/C11H8ClFN2O2/c1-15-10(12)6-9(14-15)11(16)17-8-4-2-7(13)3-5-8/h2-6H,1H3. The van der Waals surface area contributed by atoms with E-state index in [-0.39, 0.29) is 11.4 Å². The number of carbonyl (C=O) groups is 1. The van der Waals surface area contributed by atoms with Crippen molar-refractivity contribution in [1.82, 2.24) is 9.78 Å². The third-order valence-corrected chi connectivity index (χ3v) is 2.41. The Bertz CT molecular complexity index is 532. The quantitative estimate of drug-likeness (QED) is 0.611. The highest BCUT2D eigenvalue weighted by Gasteiger charge is 2.14. The van der Waals surface area contributed by atoms with Gasteiger partial charge < -0.3 is 4.74 Å². The van der Waals surface area contributed by atoms with Gasteiger partial charge in [0.1, 0.15) is 16.7 Å². The topological polar surface area (TPSA) is 44.1 Å². The number of hydrogen-bond donors (Lipinski definition) is 0. The molecular formula is C11H8ClFN2O2. The predicted octanol–water partition coefficient (Wildman–Crippen LogP) is 2.43. The lowest BCUT2D eigenvalue weighted by Gasteiger charge is -2.01. The van der Waals surface area contributed by atoms with Crippen LogP contribution in [0, 0.1) is 5.82 Å². The maximum absolute atomic E-state index is 12.6. The molecule has 2 aromatic rings. The molecule has 88 valence electrons. The Morgan fingerprint density at radius 3 is 2.59 bits per heavy atom. The van der Waals surface area contributed by atoms with Gasteiger partial charge in [-0.15, -0.1) is 0 Å². The Balaban J connectivity index is 2.14.